The summed E-state index contributed by atoms with van der Waals surface area (Å²) in [5, 5.41) is 12.4. The number of carbonyl (C=O) groups is 1. The predicted molar refractivity (Wildman–Crippen MR) is 82.9 cm³/mol. The summed E-state index contributed by atoms with van der Waals surface area (Å²) in [5.74, 6) is -0.193. The van der Waals surface area contributed by atoms with Gasteiger partial charge in [-0.25, -0.2) is 0 Å². The number of benzene rings is 2. The molecule has 21 heavy (non-hydrogen) atoms. The van der Waals surface area contributed by atoms with Gasteiger partial charge in [0.25, 0.3) is 5.91 Å². The standard InChI is InChI=1S/C17H20N2O2/c18-11-10-13-6-4-5-9-15(13)17(21)19-16(12-20)14-7-2-1-3-8-14/h1-9,16,20H,10-12,18H2,(H,19,21)/t16-/m1/s1. The molecule has 0 aliphatic heterocycles. The summed E-state index contributed by atoms with van der Waals surface area (Å²) < 4.78 is 0. The Labute approximate surface area is 124 Å². The molecule has 110 valence electrons. The largest absolute Gasteiger partial charge is 0.394 e. The fraction of sp³-hybridized carbons (Fsp3) is 0.235. The van der Waals surface area contributed by atoms with Gasteiger partial charge >= 0.3 is 0 Å². The lowest BCUT2D eigenvalue weighted by atomic mass is 10.0. The number of nitrogens with two attached hydrogens (primary N) is 1. The molecule has 4 heteroatoms. The maximum absolute atomic E-state index is 12.4. The van der Waals surface area contributed by atoms with Crippen molar-refractivity contribution in [1.29, 1.82) is 0 Å². The first kappa shape index (κ1) is 15.2. The van der Waals surface area contributed by atoms with E-state index in [0.717, 1.165) is 11.1 Å². The second-order valence-corrected chi connectivity index (χ2v) is 4.82. The first-order valence-electron chi connectivity index (χ1n) is 7.01. The van der Waals surface area contributed by atoms with E-state index >= 15 is 0 Å². The number of carbonyl (C=O) groups excluding carboxylic acids is 1. The van der Waals surface area contributed by atoms with Gasteiger partial charge in [0.15, 0.2) is 0 Å². The van der Waals surface area contributed by atoms with Crippen molar-refractivity contribution in [3.8, 4) is 0 Å². The second-order valence-electron chi connectivity index (χ2n) is 4.82. The number of amides is 1. The van der Waals surface area contributed by atoms with Gasteiger partial charge in [-0.15, -0.1) is 0 Å². The van der Waals surface area contributed by atoms with Gasteiger partial charge in [-0.2, -0.15) is 0 Å². The van der Waals surface area contributed by atoms with E-state index in [1.807, 2.05) is 48.5 Å². The summed E-state index contributed by atoms with van der Waals surface area (Å²) in [6.07, 6.45) is 0.652. The molecule has 2 rings (SSSR count). The van der Waals surface area contributed by atoms with E-state index in [4.69, 9.17) is 5.73 Å². The van der Waals surface area contributed by atoms with E-state index in [1.54, 1.807) is 6.07 Å². The Hall–Kier alpha value is -2.17. The first-order valence-corrected chi connectivity index (χ1v) is 7.01. The highest BCUT2D eigenvalue weighted by atomic mass is 16.3. The predicted octanol–water partition coefficient (Wildman–Crippen LogP) is 1.65. The van der Waals surface area contributed by atoms with Gasteiger partial charge in [-0.1, -0.05) is 48.5 Å². The summed E-state index contributed by atoms with van der Waals surface area (Å²) in [4.78, 5) is 12.4. The molecule has 4 nitrogen and oxygen atoms in total. The zero-order chi connectivity index (χ0) is 15.1. The third-order valence-corrected chi connectivity index (χ3v) is 3.37. The average molecular weight is 284 g/mol. The van der Waals surface area contributed by atoms with E-state index < -0.39 is 6.04 Å². The minimum Gasteiger partial charge on any atom is -0.394 e. The molecule has 0 aliphatic carbocycles. The second kappa shape index (κ2) is 7.57. The van der Waals surface area contributed by atoms with Gasteiger partial charge in [-0.3, -0.25) is 4.79 Å². The Kier molecular flexibility index (Phi) is 5.49. The van der Waals surface area contributed by atoms with Crippen LogP contribution in [0.4, 0.5) is 0 Å². The quantitative estimate of drug-likeness (QED) is 0.755. The molecule has 0 radical (unpaired) electrons. The Morgan fingerprint density at radius 3 is 2.43 bits per heavy atom. The van der Waals surface area contributed by atoms with Crippen LogP contribution in [0.2, 0.25) is 0 Å². The lowest BCUT2D eigenvalue weighted by Gasteiger charge is -2.18. The van der Waals surface area contributed by atoms with Crippen molar-refractivity contribution in [2.45, 2.75) is 12.5 Å². The molecule has 0 spiro atoms. The highest BCUT2D eigenvalue weighted by molar-refractivity contribution is 5.96. The molecule has 0 bridgehead atoms. The van der Waals surface area contributed by atoms with Gasteiger partial charge in [0.1, 0.15) is 0 Å². The van der Waals surface area contributed by atoms with Crippen molar-refractivity contribution in [3.05, 3.63) is 71.3 Å². The SMILES string of the molecule is NCCc1ccccc1C(=O)N[C@H](CO)c1ccccc1. The zero-order valence-corrected chi connectivity index (χ0v) is 11.8. The van der Waals surface area contributed by atoms with Crippen LogP contribution < -0.4 is 11.1 Å². The smallest absolute Gasteiger partial charge is 0.252 e. The molecule has 0 unspecified atom stereocenters. The van der Waals surface area contributed by atoms with E-state index in [1.165, 1.54) is 0 Å². The topological polar surface area (TPSA) is 75.4 Å². The summed E-state index contributed by atoms with van der Waals surface area (Å²) in [5.41, 5.74) is 7.98. The van der Waals surface area contributed by atoms with Crippen molar-refractivity contribution in [1.82, 2.24) is 5.32 Å². The molecule has 0 aliphatic rings. The van der Waals surface area contributed by atoms with Crippen LogP contribution in [0.25, 0.3) is 0 Å². The van der Waals surface area contributed by atoms with Crippen molar-refractivity contribution in [2.24, 2.45) is 5.73 Å². The maximum atomic E-state index is 12.4. The van der Waals surface area contributed by atoms with Crippen LogP contribution in [0.15, 0.2) is 54.6 Å². The van der Waals surface area contributed by atoms with Gasteiger partial charge in [0.2, 0.25) is 0 Å². The monoisotopic (exact) mass is 284 g/mol. The summed E-state index contributed by atoms with van der Waals surface area (Å²) in [7, 11) is 0. The normalized spacial score (nSPS) is 11.9. The van der Waals surface area contributed by atoms with Crippen LogP contribution in [0, 0.1) is 0 Å². The van der Waals surface area contributed by atoms with E-state index in [9.17, 15) is 9.90 Å². The molecule has 1 atom stereocenters. The van der Waals surface area contributed by atoms with Crippen LogP contribution in [0.3, 0.4) is 0 Å². The first-order chi connectivity index (χ1) is 10.3. The highest BCUT2D eigenvalue weighted by Gasteiger charge is 2.16. The summed E-state index contributed by atoms with van der Waals surface area (Å²) >= 11 is 0. The van der Waals surface area contributed by atoms with Crippen LogP contribution in [-0.4, -0.2) is 24.2 Å². The van der Waals surface area contributed by atoms with Gasteiger partial charge in [0, 0.05) is 5.56 Å². The maximum Gasteiger partial charge on any atom is 0.252 e. The van der Waals surface area contributed by atoms with Gasteiger partial charge in [-0.05, 0) is 30.2 Å². The molecule has 0 saturated heterocycles. The van der Waals surface area contributed by atoms with Gasteiger partial charge < -0.3 is 16.2 Å². The van der Waals surface area contributed by atoms with Crippen LogP contribution >= 0.6 is 0 Å². The highest BCUT2D eigenvalue weighted by Crippen LogP contribution is 2.15. The average Bonchev–Trinajstić information content (AvgIpc) is 2.54. The Balaban J connectivity index is 2.17. The molecule has 0 saturated carbocycles. The minimum atomic E-state index is -0.412. The summed E-state index contributed by atoms with van der Waals surface area (Å²) in [6, 6.07) is 16.4. The van der Waals surface area contributed by atoms with Crippen molar-refractivity contribution >= 4 is 5.91 Å². The Morgan fingerprint density at radius 1 is 1.10 bits per heavy atom. The third kappa shape index (κ3) is 3.90. The van der Waals surface area contributed by atoms with Crippen molar-refractivity contribution in [3.63, 3.8) is 0 Å². The number of nitrogens with one attached hydrogen (secondary N) is 1. The van der Waals surface area contributed by atoms with E-state index in [2.05, 4.69) is 5.32 Å². The van der Waals surface area contributed by atoms with Crippen LogP contribution in [0.5, 0.6) is 0 Å². The number of hydrogen-bond donors (Lipinski definition) is 3. The van der Waals surface area contributed by atoms with Crippen molar-refractivity contribution < 1.29 is 9.90 Å². The fourth-order valence-corrected chi connectivity index (χ4v) is 2.27. The molecule has 2 aromatic rings. The Bertz CT molecular complexity index is 584. The fourth-order valence-electron chi connectivity index (χ4n) is 2.27. The number of aliphatic hydroxyl groups is 1. The number of aliphatic hydroxyl groups excluding tert-OH is 1. The molecular formula is C17H20N2O2. The molecular weight excluding hydrogens is 264 g/mol. The molecule has 1 amide bonds. The number of hydrogen-bond acceptors (Lipinski definition) is 3. The molecule has 4 N–H and O–H groups in total. The van der Waals surface area contributed by atoms with Crippen molar-refractivity contribution in [2.75, 3.05) is 13.2 Å². The third-order valence-electron chi connectivity index (χ3n) is 3.37. The van der Waals surface area contributed by atoms with Crippen LogP contribution in [0.1, 0.15) is 27.5 Å². The van der Waals surface area contributed by atoms with Gasteiger partial charge in [0.05, 0.1) is 12.6 Å². The lowest BCUT2D eigenvalue weighted by molar-refractivity contribution is 0.0915. The molecule has 0 heterocycles. The zero-order valence-electron chi connectivity index (χ0n) is 11.8. The molecule has 0 aromatic heterocycles. The summed E-state index contributed by atoms with van der Waals surface area (Å²) in [6.45, 7) is 0.348. The van der Waals surface area contributed by atoms with E-state index in [0.29, 0.717) is 18.5 Å². The molecule has 2 aromatic carbocycles. The van der Waals surface area contributed by atoms with Crippen LogP contribution in [-0.2, 0) is 6.42 Å². The minimum absolute atomic E-state index is 0.144. The lowest BCUT2D eigenvalue weighted by Crippen LogP contribution is -2.31. The number of rotatable bonds is 6. The Morgan fingerprint density at radius 2 is 1.76 bits per heavy atom. The van der Waals surface area contributed by atoms with E-state index in [-0.39, 0.29) is 12.5 Å². The molecule has 0 fully saturated rings.